The Hall–Kier alpha value is -1.22. The molecule has 0 unspecified atom stereocenters. The fourth-order valence-corrected chi connectivity index (χ4v) is 1.78. The van der Waals surface area contributed by atoms with Crippen molar-refractivity contribution in [1.82, 2.24) is 4.98 Å². The molecule has 0 aliphatic rings. The van der Waals surface area contributed by atoms with E-state index in [1.165, 1.54) is 6.07 Å². The van der Waals surface area contributed by atoms with Crippen LogP contribution < -0.4 is 0 Å². The molecule has 0 bridgehead atoms. The second kappa shape index (κ2) is 3.66. The second-order valence-corrected chi connectivity index (χ2v) is 3.67. The molecule has 0 amide bonds. The van der Waals surface area contributed by atoms with Gasteiger partial charge in [-0.15, -0.1) is 11.3 Å². The molecule has 0 radical (unpaired) electrons. The van der Waals surface area contributed by atoms with Gasteiger partial charge in [-0.2, -0.15) is 0 Å². The predicted octanol–water partition coefficient (Wildman–Crippen LogP) is 2.87. The first-order valence-electron chi connectivity index (χ1n) is 3.98. The van der Waals surface area contributed by atoms with Gasteiger partial charge in [-0.3, -0.25) is 0 Å². The SMILES string of the molecule is Fc1ccccc1Cc1nccs1. The minimum Gasteiger partial charge on any atom is -0.249 e. The van der Waals surface area contributed by atoms with Crippen molar-refractivity contribution in [1.29, 1.82) is 0 Å². The zero-order chi connectivity index (χ0) is 9.10. The van der Waals surface area contributed by atoms with Crippen LogP contribution >= 0.6 is 11.3 Å². The minimum absolute atomic E-state index is 0.155. The van der Waals surface area contributed by atoms with Crippen LogP contribution in [0.5, 0.6) is 0 Å². The van der Waals surface area contributed by atoms with Gasteiger partial charge in [-0.05, 0) is 11.6 Å². The molecule has 2 aromatic rings. The number of thiazole rings is 1. The third-order valence-corrected chi connectivity index (χ3v) is 2.56. The Balaban J connectivity index is 2.24. The van der Waals surface area contributed by atoms with Crippen molar-refractivity contribution >= 4 is 11.3 Å². The van der Waals surface area contributed by atoms with Crippen molar-refractivity contribution < 1.29 is 4.39 Å². The lowest BCUT2D eigenvalue weighted by atomic mass is 10.1. The number of benzene rings is 1. The topological polar surface area (TPSA) is 12.9 Å². The number of hydrogen-bond donors (Lipinski definition) is 0. The molecule has 66 valence electrons. The molecule has 0 fully saturated rings. The van der Waals surface area contributed by atoms with Crippen molar-refractivity contribution in [2.75, 3.05) is 0 Å². The van der Waals surface area contributed by atoms with Gasteiger partial charge in [0, 0.05) is 18.0 Å². The van der Waals surface area contributed by atoms with E-state index in [1.54, 1.807) is 29.7 Å². The highest BCUT2D eigenvalue weighted by molar-refractivity contribution is 7.09. The summed E-state index contributed by atoms with van der Waals surface area (Å²) in [4.78, 5) is 4.10. The molecule has 1 heterocycles. The number of hydrogen-bond acceptors (Lipinski definition) is 2. The number of halogens is 1. The van der Waals surface area contributed by atoms with Crippen molar-refractivity contribution in [3.63, 3.8) is 0 Å². The maximum absolute atomic E-state index is 13.2. The summed E-state index contributed by atoms with van der Waals surface area (Å²) in [7, 11) is 0. The molecule has 0 N–H and O–H groups in total. The van der Waals surface area contributed by atoms with Crippen LogP contribution in [0, 0.1) is 5.82 Å². The van der Waals surface area contributed by atoms with E-state index < -0.39 is 0 Å². The van der Waals surface area contributed by atoms with Gasteiger partial charge in [0.2, 0.25) is 0 Å². The van der Waals surface area contributed by atoms with Crippen molar-refractivity contribution in [3.05, 3.63) is 52.2 Å². The Labute approximate surface area is 79.9 Å². The molecular weight excluding hydrogens is 185 g/mol. The molecular formula is C10H8FNS. The molecule has 1 aromatic heterocycles. The molecule has 0 atom stereocenters. The van der Waals surface area contributed by atoms with Gasteiger partial charge in [0.25, 0.3) is 0 Å². The maximum Gasteiger partial charge on any atom is 0.126 e. The smallest absolute Gasteiger partial charge is 0.126 e. The van der Waals surface area contributed by atoms with E-state index in [2.05, 4.69) is 4.98 Å². The maximum atomic E-state index is 13.2. The lowest BCUT2D eigenvalue weighted by Crippen LogP contribution is -1.90. The molecule has 3 heteroatoms. The zero-order valence-electron chi connectivity index (χ0n) is 6.90. The number of nitrogens with zero attached hydrogens (tertiary/aromatic N) is 1. The van der Waals surface area contributed by atoms with E-state index in [4.69, 9.17) is 0 Å². The van der Waals surface area contributed by atoms with E-state index in [0.29, 0.717) is 12.0 Å². The van der Waals surface area contributed by atoms with Crippen LogP contribution in [0.15, 0.2) is 35.8 Å². The van der Waals surface area contributed by atoms with E-state index in [9.17, 15) is 4.39 Å². The highest BCUT2D eigenvalue weighted by Crippen LogP contribution is 2.14. The third-order valence-electron chi connectivity index (χ3n) is 1.78. The Kier molecular flexibility index (Phi) is 2.36. The lowest BCUT2D eigenvalue weighted by molar-refractivity contribution is 0.614. The zero-order valence-corrected chi connectivity index (χ0v) is 7.72. The molecule has 0 aliphatic heterocycles. The summed E-state index contributed by atoms with van der Waals surface area (Å²) in [5.41, 5.74) is 0.706. The minimum atomic E-state index is -0.155. The van der Waals surface area contributed by atoms with Gasteiger partial charge in [0.05, 0.1) is 5.01 Å². The van der Waals surface area contributed by atoms with E-state index in [-0.39, 0.29) is 5.82 Å². The summed E-state index contributed by atoms with van der Waals surface area (Å²) in [5.74, 6) is -0.155. The van der Waals surface area contributed by atoms with Gasteiger partial charge in [0.1, 0.15) is 5.82 Å². The Morgan fingerprint density at radius 3 is 2.85 bits per heavy atom. The Morgan fingerprint density at radius 2 is 2.15 bits per heavy atom. The second-order valence-electron chi connectivity index (χ2n) is 2.69. The fourth-order valence-electron chi connectivity index (χ4n) is 1.14. The van der Waals surface area contributed by atoms with Gasteiger partial charge >= 0.3 is 0 Å². The normalized spacial score (nSPS) is 10.2. The molecule has 1 nitrogen and oxygen atoms in total. The standard InChI is InChI=1S/C10H8FNS/c11-9-4-2-1-3-8(9)7-10-12-5-6-13-10/h1-6H,7H2. The lowest BCUT2D eigenvalue weighted by Gasteiger charge is -1.98. The van der Waals surface area contributed by atoms with Gasteiger partial charge < -0.3 is 0 Å². The van der Waals surface area contributed by atoms with E-state index in [1.807, 2.05) is 11.4 Å². The highest BCUT2D eigenvalue weighted by atomic mass is 32.1. The van der Waals surface area contributed by atoms with Gasteiger partial charge in [-0.1, -0.05) is 18.2 Å². The highest BCUT2D eigenvalue weighted by Gasteiger charge is 2.02. The Bertz CT molecular complexity index is 384. The molecule has 0 saturated carbocycles. The van der Waals surface area contributed by atoms with Crippen LogP contribution in [-0.2, 0) is 6.42 Å². The van der Waals surface area contributed by atoms with Gasteiger partial charge in [0.15, 0.2) is 0 Å². The summed E-state index contributed by atoms with van der Waals surface area (Å²) in [6.07, 6.45) is 2.32. The van der Waals surface area contributed by atoms with Crippen molar-refractivity contribution in [3.8, 4) is 0 Å². The summed E-state index contributed by atoms with van der Waals surface area (Å²) >= 11 is 1.55. The predicted molar refractivity (Wildman–Crippen MR) is 51.3 cm³/mol. The number of rotatable bonds is 2. The average Bonchev–Trinajstić information content (AvgIpc) is 2.61. The van der Waals surface area contributed by atoms with Crippen molar-refractivity contribution in [2.24, 2.45) is 0 Å². The summed E-state index contributed by atoms with van der Waals surface area (Å²) in [6.45, 7) is 0. The van der Waals surface area contributed by atoms with Crippen LogP contribution in [0.25, 0.3) is 0 Å². The molecule has 13 heavy (non-hydrogen) atoms. The van der Waals surface area contributed by atoms with Crippen molar-refractivity contribution in [2.45, 2.75) is 6.42 Å². The third kappa shape index (κ3) is 1.92. The first-order valence-corrected chi connectivity index (χ1v) is 4.86. The average molecular weight is 193 g/mol. The van der Waals surface area contributed by atoms with E-state index >= 15 is 0 Å². The van der Waals surface area contributed by atoms with Crippen LogP contribution in [0.1, 0.15) is 10.6 Å². The molecule has 0 saturated heterocycles. The monoisotopic (exact) mass is 193 g/mol. The van der Waals surface area contributed by atoms with Crippen LogP contribution in [0.4, 0.5) is 4.39 Å². The number of aromatic nitrogens is 1. The molecule has 0 aliphatic carbocycles. The van der Waals surface area contributed by atoms with Crippen LogP contribution in [0.3, 0.4) is 0 Å². The Morgan fingerprint density at radius 1 is 1.31 bits per heavy atom. The van der Waals surface area contributed by atoms with E-state index in [0.717, 1.165) is 5.01 Å². The summed E-state index contributed by atoms with van der Waals surface area (Å²) in [6, 6.07) is 6.80. The van der Waals surface area contributed by atoms with Crippen LogP contribution in [0.2, 0.25) is 0 Å². The van der Waals surface area contributed by atoms with Crippen LogP contribution in [-0.4, -0.2) is 4.98 Å². The summed E-state index contributed by atoms with van der Waals surface area (Å²) in [5, 5.41) is 2.85. The fraction of sp³-hybridized carbons (Fsp3) is 0.100. The first kappa shape index (κ1) is 8.38. The molecule has 0 spiro atoms. The first-order chi connectivity index (χ1) is 6.36. The molecule has 2 rings (SSSR count). The quantitative estimate of drug-likeness (QED) is 0.714. The van der Waals surface area contributed by atoms with Gasteiger partial charge in [-0.25, -0.2) is 9.37 Å². The largest absolute Gasteiger partial charge is 0.249 e. The molecule has 1 aromatic carbocycles. The summed E-state index contributed by atoms with van der Waals surface area (Å²) < 4.78 is 13.2.